The SMILES string of the molecule is C/C=C/CCc1ccc2c(F)c(CCc3ccc(C4CCC(CCC)CC4)cc3)ccc2c1. The molecule has 0 aromatic heterocycles. The molecule has 1 aliphatic carbocycles. The molecule has 0 spiro atoms. The topological polar surface area (TPSA) is 0 Å². The average molecular weight is 443 g/mol. The summed E-state index contributed by atoms with van der Waals surface area (Å²) in [7, 11) is 0. The van der Waals surface area contributed by atoms with Gasteiger partial charge in [-0.1, -0.05) is 86.5 Å². The van der Waals surface area contributed by atoms with E-state index in [9.17, 15) is 0 Å². The molecule has 33 heavy (non-hydrogen) atoms. The largest absolute Gasteiger partial charge is 0.206 e. The van der Waals surface area contributed by atoms with Crippen molar-refractivity contribution in [3.05, 3.63) is 94.8 Å². The lowest BCUT2D eigenvalue weighted by Gasteiger charge is -2.28. The van der Waals surface area contributed by atoms with Crippen molar-refractivity contribution in [2.24, 2.45) is 5.92 Å². The average Bonchev–Trinajstić information content (AvgIpc) is 2.85. The molecule has 1 saturated carbocycles. The maximum absolute atomic E-state index is 15.2. The van der Waals surface area contributed by atoms with Gasteiger partial charge < -0.3 is 0 Å². The lowest BCUT2D eigenvalue weighted by Crippen LogP contribution is -2.13. The summed E-state index contributed by atoms with van der Waals surface area (Å²) in [5, 5.41) is 1.75. The highest BCUT2D eigenvalue weighted by Crippen LogP contribution is 2.37. The standard InChI is InChI=1S/C32H39F/c1-3-5-6-8-26-14-22-31-30(23-26)21-20-29(32(31)33)19-13-25-11-17-28(18-12-25)27-15-9-24(7-4-2)10-16-27/h3,5,11-12,14,17-18,20-24,27H,4,6-10,13,15-16,19H2,1-2H3/b5-3+. The summed E-state index contributed by atoms with van der Waals surface area (Å²) in [6, 6.07) is 19.4. The van der Waals surface area contributed by atoms with Gasteiger partial charge in [-0.3, -0.25) is 0 Å². The van der Waals surface area contributed by atoms with Crippen LogP contribution in [0.1, 0.15) is 87.0 Å². The quantitative estimate of drug-likeness (QED) is 0.290. The van der Waals surface area contributed by atoms with E-state index < -0.39 is 0 Å². The van der Waals surface area contributed by atoms with Gasteiger partial charge >= 0.3 is 0 Å². The molecular formula is C32H39F. The molecule has 0 amide bonds. The van der Waals surface area contributed by atoms with Crippen LogP contribution in [0.25, 0.3) is 10.8 Å². The Morgan fingerprint density at radius 2 is 1.61 bits per heavy atom. The Balaban J connectivity index is 1.36. The molecule has 4 rings (SSSR count). The van der Waals surface area contributed by atoms with Crippen molar-refractivity contribution in [2.75, 3.05) is 0 Å². The van der Waals surface area contributed by atoms with Crippen LogP contribution in [0.3, 0.4) is 0 Å². The molecule has 0 saturated heterocycles. The summed E-state index contributed by atoms with van der Waals surface area (Å²) < 4.78 is 15.2. The second-order valence-electron chi connectivity index (χ2n) is 9.95. The van der Waals surface area contributed by atoms with E-state index in [4.69, 9.17) is 0 Å². The van der Waals surface area contributed by atoms with E-state index >= 15 is 4.39 Å². The second kappa shape index (κ2) is 11.6. The summed E-state index contributed by atoms with van der Waals surface area (Å²) in [4.78, 5) is 0. The number of hydrogen-bond donors (Lipinski definition) is 0. The van der Waals surface area contributed by atoms with Crippen molar-refractivity contribution in [1.29, 1.82) is 0 Å². The third-order valence-electron chi connectivity index (χ3n) is 7.61. The number of halogens is 1. The van der Waals surface area contributed by atoms with Gasteiger partial charge in [-0.15, -0.1) is 0 Å². The number of benzene rings is 3. The lowest BCUT2D eigenvalue weighted by atomic mass is 9.77. The first-order valence-corrected chi connectivity index (χ1v) is 13.1. The summed E-state index contributed by atoms with van der Waals surface area (Å²) in [5.74, 6) is 1.63. The van der Waals surface area contributed by atoms with Crippen molar-refractivity contribution in [3.63, 3.8) is 0 Å². The molecule has 0 nitrogen and oxygen atoms in total. The Hall–Kier alpha value is -2.41. The van der Waals surface area contributed by atoms with Crippen molar-refractivity contribution in [1.82, 2.24) is 0 Å². The van der Waals surface area contributed by atoms with Crippen LogP contribution in [-0.2, 0) is 19.3 Å². The zero-order valence-electron chi connectivity index (χ0n) is 20.5. The molecule has 0 aliphatic heterocycles. The van der Waals surface area contributed by atoms with Crippen LogP contribution in [-0.4, -0.2) is 0 Å². The van der Waals surface area contributed by atoms with Gasteiger partial charge in [0.2, 0.25) is 0 Å². The maximum atomic E-state index is 15.2. The highest BCUT2D eigenvalue weighted by Gasteiger charge is 2.21. The van der Waals surface area contributed by atoms with Crippen LogP contribution in [0.5, 0.6) is 0 Å². The van der Waals surface area contributed by atoms with Crippen LogP contribution < -0.4 is 0 Å². The van der Waals surface area contributed by atoms with E-state index in [0.29, 0.717) is 0 Å². The number of rotatable bonds is 9. The minimum absolute atomic E-state index is 0.0482. The Morgan fingerprint density at radius 1 is 0.848 bits per heavy atom. The normalized spacial score (nSPS) is 18.9. The Morgan fingerprint density at radius 3 is 2.33 bits per heavy atom. The first-order chi connectivity index (χ1) is 16.2. The molecule has 1 heteroatoms. The Bertz CT molecular complexity index is 1050. The number of aryl methyl sites for hydroxylation is 3. The van der Waals surface area contributed by atoms with E-state index in [1.54, 1.807) is 0 Å². The molecule has 1 fully saturated rings. The van der Waals surface area contributed by atoms with Gasteiger partial charge in [-0.2, -0.15) is 0 Å². The van der Waals surface area contributed by atoms with Crippen LogP contribution in [0.2, 0.25) is 0 Å². The molecule has 3 aromatic carbocycles. The van der Waals surface area contributed by atoms with Gasteiger partial charge in [-0.05, 0) is 97.8 Å². The van der Waals surface area contributed by atoms with Crippen molar-refractivity contribution in [3.8, 4) is 0 Å². The van der Waals surface area contributed by atoms with Crippen LogP contribution >= 0.6 is 0 Å². The van der Waals surface area contributed by atoms with Gasteiger partial charge in [0.1, 0.15) is 5.82 Å². The third kappa shape index (κ3) is 6.14. The maximum Gasteiger partial charge on any atom is 0.134 e. The molecule has 0 heterocycles. The zero-order chi connectivity index (χ0) is 23.0. The second-order valence-corrected chi connectivity index (χ2v) is 9.95. The number of fused-ring (bicyclic) bond motifs is 1. The van der Waals surface area contributed by atoms with Crippen LogP contribution in [0.15, 0.2) is 66.7 Å². The minimum atomic E-state index is -0.0482. The molecule has 0 unspecified atom stereocenters. The van der Waals surface area contributed by atoms with Gasteiger partial charge in [0.05, 0.1) is 0 Å². The smallest absolute Gasteiger partial charge is 0.134 e. The van der Waals surface area contributed by atoms with Crippen LogP contribution in [0.4, 0.5) is 4.39 Å². The summed E-state index contributed by atoms with van der Waals surface area (Å²) in [6.07, 6.45) is 16.1. The molecular weight excluding hydrogens is 403 g/mol. The fraction of sp³-hybridized carbons (Fsp3) is 0.438. The van der Waals surface area contributed by atoms with Gasteiger partial charge in [0.15, 0.2) is 0 Å². The fourth-order valence-corrected chi connectivity index (χ4v) is 5.58. The predicted molar refractivity (Wildman–Crippen MR) is 140 cm³/mol. The first-order valence-electron chi connectivity index (χ1n) is 13.1. The number of allylic oxidation sites excluding steroid dienone is 2. The van der Waals surface area contributed by atoms with Gasteiger partial charge in [0, 0.05) is 5.39 Å². The highest BCUT2D eigenvalue weighted by molar-refractivity contribution is 5.84. The highest BCUT2D eigenvalue weighted by atomic mass is 19.1. The van der Waals surface area contributed by atoms with E-state index in [0.717, 1.165) is 53.9 Å². The van der Waals surface area contributed by atoms with Gasteiger partial charge in [-0.25, -0.2) is 4.39 Å². The summed E-state index contributed by atoms with van der Waals surface area (Å²) >= 11 is 0. The molecule has 1 aliphatic rings. The monoisotopic (exact) mass is 442 g/mol. The first kappa shape index (κ1) is 23.7. The molecule has 0 radical (unpaired) electrons. The van der Waals surface area contributed by atoms with Crippen molar-refractivity contribution >= 4 is 10.8 Å². The zero-order valence-corrected chi connectivity index (χ0v) is 20.5. The van der Waals surface area contributed by atoms with E-state index in [-0.39, 0.29) is 5.82 Å². The van der Waals surface area contributed by atoms with E-state index in [1.165, 1.54) is 55.2 Å². The van der Waals surface area contributed by atoms with E-state index in [2.05, 4.69) is 61.5 Å². The third-order valence-corrected chi connectivity index (χ3v) is 7.61. The fourth-order valence-electron chi connectivity index (χ4n) is 5.58. The summed E-state index contributed by atoms with van der Waals surface area (Å²) in [5.41, 5.74) is 4.89. The molecule has 174 valence electrons. The van der Waals surface area contributed by atoms with E-state index in [1.807, 2.05) is 19.1 Å². The lowest BCUT2D eigenvalue weighted by molar-refractivity contribution is 0.308. The Kier molecular flexibility index (Phi) is 8.37. The van der Waals surface area contributed by atoms with Crippen molar-refractivity contribution in [2.45, 2.75) is 84.0 Å². The molecule has 3 aromatic rings. The molecule has 0 bridgehead atoms. The predicted octanol–water partition coefficient (Wildman–Crippen LogP) is 9.35. The molecule has 0 N–H and O–H groups in total. The summed E-state index contributed by atoms with van der Waals surface area (Å²) in [6.45, 7) is 4.35. The number of hydrogen-bond acceptors (Lipinski definition) is 0. The van der Waals surface area contributed by atoms with Crippen LogP contribution in [0, 0.1) is 11.7 Å². The molecule has 0 atom stereocenters. The van der Waals surface area contributed by atoms with Gasteiger partial charge in [0.25, 0.3) is 0 Å². The minimum Gasteiger partial charge on any atom is -0.206 e. The Labute approximate surface area is 199 Å². The van der Waals surface area contributed by atoms with Crippen molar-refractivity contribution < 1.29 is 4.39 Å².